The van der Waals surface area contributed by atoms with Crippen LogP contribution in [-0.4, -0.2) is 51.5 Å². The molecule has 0 aliphatic heterocycles. The number of hydrogen-bond acceptors (Lipinski definition) is 6. The first kappa shape index (κ1) is 22.6. The van der Waals surface area contributed by atoms with Crippen LogP contribution >= 0.6 is 11.8 Å². The van der Waals surface area contributed by atoms with Gasteiger partial charge in [-0.3, -0.25) is 9.59 Å². The number of carbonyl (C=O) groups is 2. The van der Waals surface area contributed by atoms with E-state index in [4.69, 9.17) is 14.2 Å². The minimum absolute atomic E-state index is 0.207. The summed E-state index contributed by atoms with van der Waals surface area (Å²) in [6.45, 7) is 2.61. The first-order valence-corrected chi connectivity index (χ1v) is 9.93. The quantitative estimate of drug-likeness (QED) is 0.455. The molecule has 0 radical (unpaired) electrons. The molecular weight excluding hydrogens is 392 g/mol. The van der Waals surface area contributed by atoms with E-state index < -0.39 is 5.25 Å². The zero-order chi connectivity index (χ0) is 21.2. The molecule has 0 saturated carbocycles. The molecule has 0 aromatic heterocycles. The lowest BCUT2D eigenvalue weighted by molar-refractivity contribution is -0.115. The van der Waals surface area contributed by atoms with E-state index in [0.29, 0.717) is 35.9 Å². The molecule has 2 aromatic rings. The van der Waals surface area contributed by atoms with Crippen molar-refractivity contribution in [3.05, 3.63) is 48.0 Å². The second-order valence-corrected chi connectivity index (χ2v) is 7.47. The molecular formula is C21H26N2O5S. The second-order valence-electron chi connectivity index (χ2n) is 6.06. The van der Waals surface area contributed by atoms with Crippen LogP contribution in [0, 0.1) is 0 Å². The zero-order valence-corrected chi connectivity index (χ0v) is 17.8. The molecule has 156 valence electrons. The number of thioether (sulfide) groups is 1. The van der Waals surface area contributed by atoms with Crippen molar-refractivity contribution in [1.82, 2.24) is 5.32 Å². The van der Waals surface area contributed by atoms with Crippen molar-refractivity contribution in [2.24, 2.45) is 0 Å². The van der Waals surface area contributed by atoms with Crippen LogP contribution in [0.15, 0.2) is 47.4 Å². The number of amides is 2. The summed E-state index contributed by atoms with van der Waals surface area (Å²) in [5.41, 5.74) is 0.868. The number of rotatable bonds is 10. The van der Waals surface area contributed by atoms with Crippen LogP contribution in [0.1, 0.15) is 17.3 Å². The van der Waals surface area contributed by atoms with E-state index in [2.05, 4.69) is 10.6 Å². The maximum absolute atomic E-state index is 12.7. The molecule has 0 heterocycles. The molecule has 2 rings (SSSR count). The van der Waals surface area contributed by atoms with E-state index in [9.17, 15) is 9.59 Å². The summed E-state index contributed by atoms with van der Waals surface area (Å²) in [4.78, 5) is 25.9. The van der Waals surface area contributed by atoms with Crippen LogP contribution in [0.2, 0.25) is 0 Å². The van der Waals surface area contributed by atoms with Crippen LogP contribution in [0.25, 0.3) is 0 Å². The highest BCUT2D eigenvalue weighted by Gasteiger charge is 2.18. The zero-order valence-electron chi connectivity index (χ0n) is 17.0. The van der Waals surface area contributed by atoms with Gasteiger partial charge < -0.3 is 24.8 Å². The Morgan fingerprint density at radius 3 is 2.45 bits per heavy atom. The minimum atomic E-state index is -0.391. The first-order valence-electron chi connectivity index (χ1n) is 9.05. The van der Waals surface area contributed by atoms with Gasteiger partial charge in [-0.25, -0.2) is 0 Å². The summed E-state index contributed by atoms with van der Waals surface area (Å²) in [5, 5.41) is 5.21. The maximum Gasteiger partial charge on any atom is 0.253 e. The van der Waals surface area contributed by atoms with Gasteiger partial charge in [-0.1, -0.05) is 12.1 Å². The Balaban J connectivity index is 2.05. The number of hydrogen-bond donors (Lipinski definition) is 2. The van der Waals surface area contributed by atoms with Gasteiger partial charge in [0.25, 0.3) is 5.91 Å². The molecule has 7 nitrogen and oxygen atoms in total. The van der Waals surface area contributed by atoms with Gasteiger partial charge in [-0.2, -0.15) is 0 Å². The van der Waals surface area contributed by atoms with Gasteiger partial charge in [0.1, 0.15) is 0 Å². The fourth-order valence-electron chi connectivity index (χ4n) is 2.53. The Morgan fingerprint density at radius 1 is 1.03 bits per heavy atom. The van der Waals surface area contributed by atoms with Gasteiger partial charge in [-0.15, -0.1) is 11.8 Å². The Morgan fingerprint density at radius 2 is 1.76 bits per heavy atom. The average molecular weight is 419 g/mol. The minimum Gasteiger partial charge on any atom is -0.493 e. The Hall–Kier alpha value is -2.71. The third-order valence-electron chi connectivity index (χ3n) is 4.06. The predicted molar refractivity (Wildman–Crippen MR) is 114 cm³/mol. The van der Waals surface area contributed by atoms with E-state index in [1.165, 1.54) is 11.8 Å². The molecule has 2 amide bonds. The Kier molecular flexibility index (Phi) is 8.82. The smallest absolute Gasteiger partial charge is 0.253 e. The summed E-state index contributed by atoms with van der Waals surface area (Å²) in [6, 6.07) is 12.4. The molecule has 0 spiro atoms. The summed E-state index contributed by atoms with van der Waals surface area (Å²) in [6.07, 6.45) is 0. The van der Waals surface area contributed by atoms with Crippen molar-refractivity contribution in [2.75, 3.05) is 39.8 Å². The maximum atomic E-state index is 12.7. The molecule has 0 unspecified atom stereocenters. The molecule has 2 N–H and O–H groups in total. The predicted octanol–water partition coefficient (Wildman–Crippen LogP) is 3.20. The fourth-order valence-corrected chi connectivity index (χ4v) is 3.43. The van der Waals surface area contributed by atoms with Gasteiger partial charge in [0.15, 0.2) is 11.5 Å². The van der Waals surface area contributed by atoms with Crippen molar-refractivity contribution in [1.29, 1.82) is 0 Å². The normalized spacial score (nSPS) is 11.4. The van der Waals surface area contributed by atoms with Gasteiger partial charge >= 0.3 is 0 Å². The van der Waals surface area contributed by atoms with Crippen molar-refractivity contribution in [2.45, 2.75) is 17.1 Å². The monoisotopic (exact) mass is 418 g/mol. The lowest BCUT2D eigenvalue weighted by Crippen LogP contribution is -2.29. The molecule has 0 saturated heterocycles. The average Bonchev–Trinajstić information content (AvgIpc) is 2.74. The fraction of sp³-hybridized carbons (Fsp3) is 0.333. The van der Waals surface area contributed by atoms with E-state index in [1.807, 2.05) is 12.1 Å². The molecule has 8 heteroatoms. The summed E-state index contributed by atoms with van der Waals surface area (Å²) >= 11 is 1.39. The summed E-state index contributed by atoms with van der Waals surface area (Å²) in [5.74, 6) is 0.755. The summed E-state index contributed by atoms with van der Waals surface area (Å²) < 4.78 is 15.5. The number of anilines is 1. The topological polar surface area (TPSA) is 85.9 Å². The van der Waals surface area contributed by atoms with E-state index in [0.717, 1.165) is 4.90 Å². The molecule has 29 heavy (non-hydrogen) atoms. The van der Waals surface area contributed by atoms with E-state index >= 15 is 0 Å². The van der Waals surface area contributed by atoms with Gasteiger partial charge in [0, 0.05) is 18.6 Å². The molecule has 0 aliphatic carbocycles. The van der Waals surface area contributed by atoms with Crippen LogP contribution in [0.4, 0.5) is 5.69 Å². The molecule has 0 fully saturated rings. The van der Waals surface area contributed by atoms with E-state index in [-0.39, 0.29) is 11.8 Å². The highest BCUT2D eigenvalue weighted by atomic mass is 32.2. The number of benzene rings is 2. The SMILES string of the molecule is COCCNC(=O)c1ccccc1NC(=O)[C@H](C)Sc1ccc(OC)c(OC)c1. The molecule has 2 aromatic carbocycles. The van der Waals surface area contributed by atoms with Crippen molar-refractivity contribution < 1.29 is 23.8 Å². The molecule has 1 atom stereocenters. The lowest BCUT2D eigenvalue weighted by atomic mass is 10.1. The first-order chi connectivity index (χ1) is 14.0. The van der Waals surface area contributed by atoms with Crippen molar-refractivity contribution in [3.63, 3.8) is 0 Å². The van der Waals surface area contributed by atoms with Crippen LogP contribution < -0.4 is 20.1 Å². The van der Waals surface area contributed by atoms with E-state index in [1.54, 1.807) is 58.6 Å². The standard InChI is InChI=1S/C21H26N2O5S/c1-14(29-15-9-10-18(27-3)19(13-15)28-4)20(24)23-17-8-6-5-7-16(17)21(25)22-11-12-26-2/h5-10,13-14H,11-12H2,1-4H3,(H,22,25)(H,23,24)/t14-/m0/s1. The third-order valence-corrected chi connectivity index (χ3v) is 5.15. The largest absolute Gasteiger partial charge is 0.493 e. The lowest BCUT2D eigenvalue weighted by Gasteiger charge is -2.15. The highest BCUT2D eigenvalue weighted by Crippen LogP contribution is 2.33. The summed E-state index contributed by atoms with van der Waals surface area (Å²) in [7, 11) is 4.71. The number of nitrogens with one attached hydrogen (secondary N) is 2. The molecule has 0 bridgehead atoms. The van der Waals surface area contributed by atoms with Gasteiger partial charge in [-0.05, 0) is 37.3 Å². The van der Waals surface area contributed by atoms with Crippen LogP contribution in [0.5, 0.6) is 11.5 Å². The van der Waals surface area contributed by atoms with Crippen LogP contribution in [-0.2, 0) is 9.53 Å². The van der Waals surface area contributed by atoms with Gasteiger partial charge in [0.05, 0.1) is 37.3 Å². The number of ether oxygens (including phenoxy) is 3. The second kappa shape index (κ2) is 11.3. The number of carbonyl (C=O) groups excluding carboxylic acids is 2. The highest BCUT2D eigenvalue weighted by molar-refractivity contribution is 8.00. The number of methoxy groups -OCH3 is 3. The van der Waals surface area contributed by atoms with Crippen molar-refractivity contribution in [3.8, 4) is 11.5 Å². The third kappa shape index (κ3) is 6.40. The molecule has 0 aliphatic rings. The van der Waals surface area contributed by atoms with Crippen LogP contribution in [0.3, 0.4) is 0 Å². The Labute approximate surface area is 175 Å². The van der Waals surface area contributed by atoms with Crippen molar-refractivity contribution >= 4 is 29.3 Å². The Bertz CT molecular complexity index is 844. The van der Waals surface area contributed by atoms with Gasteiger partial charge in [0.2, 0.25) is 5.91 Å². The number of para-hydroxylation sites is 1.